The summed E-state index contributed by atoms with van der Waals surface area (Å²) in [5, 5.41) is 10.6. The van der Waals surface area contributed by atoms with Crippen LogP contribution in [0.3, 0.4) is 0 Å². The number of hydrogen-bond donors (Lipinski definition) is 0. The molecular formula is C15H14F2N2O2. The molecule has 2 aromatic carbocycles. The maximum atomic E-state index is 13.6. The van der Waals surface area contributed by atoms with Gasteiger partial charge in [-0.2, -0.15) is 4.39 Å². The Morgan fingerprint density at radius 2 is 1.81 bits per heavy atom. The lowest BCUT2D eigenvalue weighted by Crippen LogP contribution is -2.22. The Bertz CT molecular complexity index is 645. The largest absolute Gasteiger partial charge is 0.367 e. The number of halogens is 2. The molecule has 0 fully saturated rings. The first-order valence-corrected chi connectivity index (χ1v) is 6.44. The van der Waals surface area contributed by atoms with Crippen molar-refractivity contribution in [2.75, 3.05) is 11.4 Å². The summed E-state index contributed by atoms with van der Waals surface area (Å²) in [6.07, 6.45) is 0. The molecule has 0 amide bonds. The van der Waals surface area contributed by atoms with Crippen molar-refractivity contribution in [3.8, 4) is 0 Å². The quantitative estimate of drug-likeness (QED) is 0.620. The summed E-state index contributed by atoms with van der Waals surface area (Å²) in [5.41, 5.74) is 0.880. The van der Waals surface area contributed by atoms with E-state index in [0.717, 1.165) is 17.8 Å². The monoisotopic (exact) mass is 292 g/mol. The van der Waals surface area contributed by atoms with Crippen molar-refractivity contribution in [2.24, 2.45) is 0 Å². The van der Waals surface area contributed by atoms with Gasteiger partial charge in [-0.1, -0.05) is 6.07 Å². The highest BCUT2D eigenvalue weighted by molar-refractivity contribution is 5.47. The van der Waals surface area contributed by atoms with E-state index in [1.54, 1.807) is 12.1 Å². The smallest absolute Gasteiger partial charge is 0.304 e. The van der Waals surface area contributed by atoms with E-state index >= 15 is 0 Å². The van der Waals surface area contributed by atoms with E-state index < -0.39 is 16.4 Å². The Morgan fingerprint density at radius 1 is 1.14 bits per heavy atom. The molecule has 2 rings (SSSR count). The summed E-state index contributed by atoms with van der Waals surface area (Å²) in [5.74, 6) is -1.18. The first-order valence-electron chi connectivity index (χ1n) is 6.44. The van der Waals surface area contributed by atoms with Gasteiger partial charge < -0.3 is 4.90 Å². The molecule has 6 heteroatoms. The highest BCUT2D eigenvalue weighted by atomic mass is 19.1. The van der Waals surface area contributed by atoms with Crippen molar-refractivity contribution in [2.45, 2.75) is 13.5 Å². The molecule has 0 saturated carbocycles. The van der Waals surface area contributed by atoms with Crippen LogP contribution in [0.2, 0.25) is 0 Å². The van der Waals surface area contributed by atoms with Crippen LogP contribution in [0.1, 0.15) is 12.5 Å². The average molecular weight is 292 g/mol. The number of benzene rings is 2. The average Bonchev–Trinajstić information content (AvgIpc) is 2.45. The number of nitro groups is 1. The van der Waals surface area contributed by atoms with Crippen LogP contribution in [0, 0.1) is 21.7 Å². The number of rotatable bonds is 5. The molecule has 0 N–H and O–H groups in total. The van der Waals surface area contributed by atoms with E-state index in [4.69, 9.17) is 0 Å². The molecule has 0 radical (unpaired) electrons. The standard InChI is InChI=1S/C15H14F2N2O2/c1-2-18(13-6-4-12(16)5-7-13)10-11-3-8-15(19(20)21)14(17)9-11/h3-9H,2,10H2,1H3. The molecule has 2 aromatic rings. The van der Waals surface area contributed by atoms with Gasteiger partial charge in [0.15, 0.2) is 0 Å². The molecule has 21 heavy (non-hydrogen) atoms. The second kappa shape index (κ2) is 6.30. The van der Waals surface area contributed by atoms with Crippen LogP contribution in [0.4, 0.5) is 20.2 Å². The molecule has 4 nitrogen and oxygen atoms in total. The number of nitrogens with zero attached hydrogens (tertiary/aromatic N) is 2. The van der Waals surface area contributed by atoms with Crippen LogP contribution >= 0.6 is 0 Å². The number of nitro benzene ring substituents is 1. The Kier molecular flexibility index (Phi) is 4.47. The lowest BCUT2D eigenvalue weighted by Gasteiger charge is -2.23. The van der Waals surface area contributed by atoms with Gasteiger partial charge in [0.1, 0.15) is 5.82 Å². The highest BCUT2D eigenvalue weighted by Crippen LogP contribution is 2.21. The fourth-order valence-corrected chi connectivity index (χ4v) is 2.05. The lowest BCUT2D eigenvalue weighted by molar-refractivity contribution is -0.387. The van der Waals surface area contributed by atoms with Crippen molar-refractivity contribution in [3.05, 3.63) is 69.8 Å². The third-order valence-corrected chi connectivity index (χ3v) is 3.16. The van der Waals surface area contributed by atoms with Gasteiger partial charge in [0.2, 0.25) is 5.82 Å². The Labute approximate surface area is 120 Å². The molecule has 0 atom stereocenters. The first kappa shape index (κ1) is 14.9. The van der Waals surface area contributed by atoms with Crippen molar-refractivity contribution < 1.29 is 13.7 Å². The molecule has 0 saturated heterocycles. The summed E-state index contributed by atoms with van der Waals surface area (Å²) in [6.45, 7) is 2.95. The second-order valence-corrected chi connectivity index (χ2v) is 4.53. The molecular weight excluding hydrogens is 278 g/mol. The van der Waals surface area contributed by atoms with Crippen LogP contribution in [0.5, 0.6) is 0 Å². The van der Waals surface area contributed by atoms with E-state index in [-0.39, 0.29) is 5.82 Å². The molecule has 110 valence electrons. The fraction of sp³-hybridized carbons (Fsp3) is 0.200. The van der Waals surface area contributed by atoms with Crippen LogP contribution in [0.25, 0.3) is 0 Å². The zero-order chi connectivity index (χ0) is 15.4. The van der Waals surface area contributed by atoms with Crippen molar-refractivity contribution in [3.63, 3.8) is 0 Å². The lowest BCUT2D eigenvalue weighted by atomic mass is 10.1. The predicted octanol–water partition coefficient (Wildman–Crippen LogP) is 3.90. The topological polar surface area (TPSA) is 46.4 Å². The van der Waals surface area contributed by atoms with E-state index in [1.807, 2.05) is 11.8 Å². The Morgan fingerprint density at radius 3 is 2.33 bits per heavy atom. The predicted molar refractivity (Wildman–Crippen MR) is 76.2 cm³/mol. The molecule has 0 bridgehead atoms. The van der Waals surface area contributed by atoms with E-state index in [2.05, 4.69) is 0 Å². The first-order chi connectivity index (χ1) is 10.0. The molecule has 0 aliphatic heterocycles. The Balaban J connectivity index is 2.20. The number of hydrogen-bond acceptors (Lipinski definition) is 3. The zero-order valence-electron chi connectivity index (χ0n) is 11.4. The van der Waals surface area contributed by atoms with Crippen molar-refractivity contribution in [1.29, 1.82) is 0 Å². The van der Waals surface area contributed by atoms with Gasteiger partial charge >= 0.3 is 5.69 Å². The van der Waals surface area contributed by atoms with E-state index in [1.165, 1.54) is 18.2 Å². The van der Waals surface area contributed by atoms with Crippen LogP contribution in [-0.2, 0) is 6.54 Å². The highest BCUT2D eigenvalue weighted by Gasteiger charge is 2.15. The molecule has 0 aliphatic rings. The van der Waals surface area contributed by atoms with Gasteiger partial charge in [0.05, 0.1) is 4.92 Å². The SMILES string of the molecule is CCN(Cc1ccc([N+](=O)[O-])c(F)c1)c1ccc(F)cc1. The van der Waals surface area contributed by atoms with Crippen molar-refractivity contribution in [1.82, 2.24) is 0 Å². The summed E-state index contributed by atoms with van der Waals surface area (Å²) < 4.78 is 26.5. The normalized spacial score (nSPS) is 10.4. The van der Waals surface area contributed by atoms with E-state index in [0.29, 0.717) is 18.7 Å². The van der Waals surface area contributed by atoms with Gasteiger partial charge in [-0.05, 0) is 42.8 Å². The van der Waals surface area contributed by atoms with Crippen LogP contribution in [-0.4, -0.2) is 11.5 Å². The van der Waals surface area contributed by atoms with Gasteiger partial charge in [-0.15, -0.1) is 0 Å². The van der Waals surface area contributed by atoms with Gasteiger partial charge in [0, 0.05) is 24.8 Å². The third kappa shape index (κ3) is 3.53. The van der Waals surface area contributed by atoms with E-state index in [9.17, 15) is 18.9 Å². The zero-order valence-corrected chi connectivity index (χ0v) is 11.4. The minimum absolute atomic E-state index is 0.323. The summed E-state index contributed by atoms with van der Waals surface area (Å²) >= 11 is 0. The summed E-state index contributed by atoms with van der Waals surface area (Å²) in [4.78, 5) is 11.7. The summed E-state index contributed by atoms with van der Waals surface area (Å²) in [7, 11) is 0. The molecule has 0 aromatic heterocycles. The number of anilines is 1. The van der Waals surface area contributed by atoms with Crippen molar-refractivity contribution >= 4 is 11.4 Å². The second-order valence-electron chi connectivity index (χ2n) is 4.53. The van der Waals surface area contributed by atoms with Crippen LogP contribution < -0.4 is 4.90 Å². The molecule has 0 aliphatic carbocycles. The van der Waals surface area contributed by atoms with Gasteiger partial charge in [0.25, 0.3) is 0 Å². The minimum atomic E-state index is -0.854. The maximum absolute atomic E-state index is 13.6. The third-order valence-electron chi connectivity index (χ3n) is 3.16. The van der Waals surface area contributed by atoms with Gasteiger partial charge in [-0.3, -0.25) is 10.1 Å². The molecule has 0 spiro atoms. The Hall–Kier alpha value is -2.50. The maximum Gasteiger partial charge on any atom is 0.304 e. The van der Waals surface area contributed by atoms with Gasteiger partial charge in [-0.25, -0.2) is 4.39 Å². The summed E-state index contributed by atoms with van der Waals surface area (Å²) in [6, 6.07) is 9.82. The molecule has 0 unspecified atom stereocenters. The fourth-order valence-electron chi connectivity index (χ4n) is 2.05. The minimum Gasteiger partial charge on any atom is -0.367 e. The van der Waals surface area contributed by atoms with Crippen LogP contribution in [0.15, 0.2) is 42.5 Å². The molecule has 0 heterocycles.